The molecule has 0 unspecified atom stereocenters. The molecule has 1 heterocycles. The molecule has 1 aromatic rings. The van der Waals surface area contributed by atoms with E-state index in [-0.39, 0.29) is 33.8 Å². The third-order valence-electron chi connectivity index (χ3n) is 7.55. The molecule has 1 N–H and O–H groups in total. The fraction of sp³-hybridized carbons (Fsp3) is 0.750. The van der Waals surface area contributed by atoms with Crippen LogP contribution in [0.5, 0.6) is 0 Å². The number of nitro groups is 2. The van der Waals surface area contributed by atoms with Crippen LogP contribution in [0.25, 0.3) is 10.4 Å². The summed E-state index contributed by atoms with van der Waals surface area (Å²) in [5.74, 6) is -0.220. The van der Waals surface area contributed by atoms with E-state index in [1.165, 1.54) is 6.07 Å². The first-order valence-corrected chi connectivity index (χ1v) is 17.4. The van der Waals surface area contributed by atoms with Crippen LogP contribution in [0, 0.1) is 26.1 Å². The highest BCUT2D eigenvalue weighted by atomic mass is 28.5. The SMILES string of the molecule is CC[C@@H]1CO[Si](C(C)C)(C(C)C)O[Si](C(C)C)(C(C)C)O[C@H]1[C@@H](N=[N+]=[N-])Nc1ccc([N+](=O)[O-])cc1[N+](=O)[O-]. The molecule has 3 atom stereocenters. The van der Waals surface area contributed by atoms with E-state index in [0.717, 1.165) is 12.1 Å². The summed E-state index contributed by atoms with van der Waals surface area (Å²) in [7, 11) is -5.86. The van der Waals surface area contributed by atoms with E-state index in [1.807, 2.05) is 6.92 Å². The predicted molar refractivity (Wildman–Crippen MR) is 154 cm³/mol. The van der Waals surface area contributed by atoms with Crippen molar-refractivity contribution in [1.29, 1.82) is 0 Å². The lowest BCUT2D eigenvalue weighted by Crippen LogP contribution is -2.66. The molecule has 0 saturated carbocycles. The van der Waals surface area contributed by atoms with Crippen LogP contribution in [-0.4, -0.2) is 45.8 Å². The van der Waals surface area contributed by atoms with Crippen LogP contribution in [-0.2, 0) is 13.0 Å². The zero-order chi connectivity index (χ0) is 29.7. The molecular weight excluding hydrogens is 540 g/mol. The Kier molecular flexibility index (Phi) is 11.1. The van der Waals surface area contributed by atoms with Crippen molar-refractivity contribution in [2.24, 2.45) is 11.0 Å². The average Bonchev–Trinajstić information content (AvgIpc) is 2.83. The number of benzene rings is 1. The van der Waals surface area contributed by atoms with Gasteiger partial charge in [-0.2, -0.15) is 0 Å². The zero-order valence-electron chi connectivity index (χ0n) is 24.3. The summed E-state index contributed by atoms with van der Waals surface area (Å²) in [6.07, 6.45) is -1.17. The summed E-state index contributed by atoms with van der Waals surface area (Å²) in [4.78, 5) is 24.6. The molecule has 0 amide bonds. The van der Waals surface area contributed by atoms with Gasteiger partial charge in [0, 0.05) is 23.5 Å². The minimum absolute atomic E-state index is 0.0141. The minimum Gasteiger partial charge on any atom is -0.414 e. The minimum atomic E-state index is -3.08. The van der Waals surface area contributed by atoms with E-state index >= 15 is 0 Å². The maximum atomic E-state index is 11.8. The lowest BCUT2D eigenvalue weighted by molar-refractivity contribution is -0.393. The van der Waals surface area contributed by atoms with Gasteiger partial charge in [-0.15, -0.1) is 0 Å². The van der Waals surface area contributed by atoms with Crippen molar-refractivity contribution in [2.75, 3.05) is 11.9 Å². The number of hydrogen-bond acceptors (Lipinski definition) is 9. The second-order valence-electron chi connectivity index (χ2n) is 11.2. The Morgan fingerprint density at radius 1 is 1.03 bits per heavy atom. The quantitative estimate of drug-likeness (QED) is 0.0695. The van der Waals surface area contributed by atoms with Crippen LogP contribution < -0.4 is 5.32 Å². The molecule has 1 aliphatic rings. The summed E-state index contributed by atoms with van der Waals surface area (Å²) < 4.78 is 21.1. The van der Waals surface area contributed by atoms with Gasteiger partial charge in [-0.25, -0.2) is 0 Å². The monoisotopic (exact) mass is 582 g/mol. The molecule has 1 fully saturated rings. The summed E-state index contributed by atoms with van der Waals surface area (Å²) >= 11 is 0. The Balaban J connectivity index is 2.70. The molecule has 1 aromatic carbocycles. The van der Waals surface area contributed by atoms with Crippen molar-refractivity contribution >= 4 is 34.2 Å². The van der Waals surface area contributed by atoms with E-state index in [9.17, 15) is 25.8 Å². The zero-order valence-corrected chi connectivity index (χ0v) is 26.3. The van der Waals surface area contributed by atoms with Crippen LogP contribution in [0.1, 0.15) is 68.7 Å². The highest BCUT2D eigenvalue weighted by Gasteiger charge is 2.59. The molecule has 0 radical (unpaired) electrons. The number of nitrogens with zero attached hydrogens (tertiary/aromatic N) is 5. The number of rotatable bonds is 11. The lowest BCUT2D eigenvalue weighted by atomic mass is 9.98. The molecule has 0 aliphatic carbocycles. The average molecular weight is 583 g/mol. The fourth-order valence-electron chi connectivity index (χ4n) is 5.32. The van der Waals surface area contributed by atoms with Crippen molar-refractivity contribution in [3.63, 3.8) is 0 Å². The van der Waals surface area contributed by atoms with Crippen molar-refractivity contribution in [3.05, 3.63) is 48.9 Å². The number of non-ortho nitro benzene ring substituents is 1. The lowest BCUT2D eigenvalue weighted by Gasteiger charge is -2.53. The molecular formula is C24H42N6O7Si2. The normalized spacial score (nSPS) is 21.8. The standard InChI is InChI=1S/C24H42N6O7Si2/c1-10-19-14-35-38(15(2)3,16(4)5)37-39(17(6)7,18(8)9)36-23(19)24(27-28-25)26-21-12-11-20(29(31)32)13-22(21)30(33)34/h11-13,15-19,23-24,26H,10,14H2,1-9H3/t19-,23-,24-/m1/s1. The van der Waals surface area contributed by atoms with Gasteiger partial charge in [0.2, 0.25) is 0 Å². The first kappa shape index (κ1) is 32.7. The topological polar surface area (TPSA) is 175 Å². The summed E-state index contributed by atoms with van der Waals surface area (Å²) in [6.45, 7) is 19.1. The predicted octanol–water partition coefficient (Wildman–Crippen LogP) is 7.53. The van der Waals surface area contributed by atoms with Gasteiger partial charge in [-0.1, -0.05) is 67.4 Å². The molecule has 1 aliphatic heterocycles. The second-order valence-corrected chi connectivity index (χ2v) is 20.1. The molecule has 1 saturated heterocycles. The van der Waals surface area contributed by atoms with Gasteiger partial charge in [0.15, 0.2) is 0 Å². The van der Waals surface area contributed by atoms with Crippen molar-refractivity contribution < 1.29 is 22.8 Å². The summed E-state index contributed by atoms with van der Waals surface area (Å²) in [5.41, 5.74) is 8.92. The largest absolute Gasteiger partial charge is 0.414 e. The highest BCUT2D eigenvalue weighted by Crippen LogP contribution is 2.47. The number of nitro benzene ring substituents is 2. The van der Waals surface area contributed by atoms with E-state index in [2.05, 4.69) is 70.7 Å². The van der Waals surface area contributed by atoms with Gasteiger partial charge < -0.3 is 18.3 Å². The highest BCUT2D eigenvalue weighted by molar-refractivity contribution is 6.83. The van der Waals surface area contributed by atoms with Crippen LogP contribution in [0.15, 0.2) is 23.3 Å². The molecule has 2 rings (SSSR count). The number of anilines is 1. The number of nitrogens with one attached hydrogen (secondary N) is 1. The van der Waals surface area contributed by atoms with Crippen LogP contribution >= 0.6 is 0 Å². The molecule has 0 spiro atoms. The van der Waals surface area contributed by atoms with E-state index < -0.39 is 50.6 Å². The van der Waals surface area contributed by atoms with Crippen molar-refractivity contribution in [1.82, 2.24) is 0 Å². The first-order valence-electron chi connectivity index (χ1n) is 13.4. The van der Waals surface area contributed by atoms with Crippen molar-refractivity contribution in [2.45, 2.75) is 103 Å². The Hall–Kier alpha value is -2.56. The molecule has 13 nitrogen and oxygen atoms in total. The Morgan fingerprint density at radius 3 is 2.03 bits per heavy atom. The maximum absolute atomic E-state index is 11.8. The smallest absolute Gasteiger partial charge is 0.335 e. The summed E-state index contributed by atoms with van der Waals surface area (Å²) in [6, 6.07) is 3.29. The van der Waals surface area contributed by atoms with Crippen molar-refractivity contribution in [3.8, 4) is 0 Å². The molecule has 0 aromatic heterocycles. The van der Waals surface area contributed by atoms with Crippen LogP contribution in [0.4, 0.5) is 17.1 Å². The van der Waals surface area contributed by atoms with Gasteiger partial charge >= 0.3 is 17.1 Å². The number of hydrogen-bond donors (Lipinski definition) is 1. The fourth-order valence-corrected chi connectivity index (χ4v) is 16.6. The Labute approximate surface area is 232 Å². The van der Waals surface area contributed by atoms with Gasteiger partial charge in [-0.3, -0.25) is 20.2 Å². The Bertz CT molecular complexity index is 1070. The van der Waals surface area contributed by atoms with Crippen LogP contribution in [0.3, 0.4) is 0 Å². The van der Waals surface area contributed by atoms with E-state index in [0.29, 0.717) is 13.0 Å². The van der Waals surface area contributed by atoms with Gasteiger partial charge in [0.1, 0.15) is 11.9 Å². The third-order valence-corrected chi connectivity index (χ3v) is 17.8. The third kappa shape index (κ3) is 6.78. The number of azide groups is 1. The maximum Gasteiger partial charge on any atom is 0.335 e. The molecule has 15 heteroatoms. The van der Waals surface area contributed by atoms with Gasteiger partial charge in [0.25, 0.3) is 11.4 Å². The van der Waals surface area contributed by atoms with Crippen LogP contribution in [0.2, 0.25) is 22.2 Å². The molecule has 218 valence electrons. The first-order chi connectivity index (χ1) is 18.2. The van der Waals surface area contributed by atoms with Gasteiger partial charge in [-0.05, 0) is 40.2 Å². The van der Waals surface area contributed by atoms with E-state index in [4.69, 9.17) is 13.0 Å². The molecule has 39 heavy (non-hydrogen) atoms. The van der Waals surface area contributed by atoms with Gasteiger partial charge in [0.05, 0.1) is 22.0 Å². The second kappa shape index (κ2) is 13.2. The summed E-state index contributed by atoms with van der Waals surface area (Å²) in [5, 5.41) is 30.0. The molecule has 0 bridgehead atoms. The van der Waals surface area contributed by atoms with E-state index in [1.54, 1.807) is 0 Å². The Morgan fingerprint density at radius 2 is 1.59 bits per heavy atom.